The van der Waals surface area contributed by atoms with Crippen LogP contribution in [0.5, 0.6) is 0 Å². The summed E-state index contributed by atoms with van der Waals surface area (Å²) in [6, 6.07) is 0.886. The molecule has 0 saturated carbocycles. The quantitative estimate of drug-likeness (QED) is 0.797. The fourth-order valence-corrected chi connectivity index (χ4v) is 1.14. The van der Waals surface area contributed by atoms with Gasteiger partial charge in [0, 0.05) is 0 Å². The van der Waals surface area contributed by atoms with Gasteiger partial charge in [0.15, 0.2) is 5.82 Å². The molecule has 7 nitrogen and oxygen atoms in total. The minimum atomic E-state index is -0.668. The monoisotopic (exact) mass is 237 g/mol. The summed E-state index contributed by atoms with van der Waals surface area (Å²) >= 11 is 0. The largest absolute Gasteiger partial charge is 0.383 e. The van der Waals surface area contributed by atoms with Crippen LogP contribution in [-0.2, 0) is 0 Å². The molecule has 0 aliphatic heterocycles. The predicted octanol–water partition coefficient (Wildman–Crippen LogP) is 0.747. The SMILES string of the molecule is Cc1noc(NC(=O)c2cc(F)cnc2N)n1. The molecule has 1 amide bonds. The Labute approximate surface area is 94.8 Å². The summed E-state index contributed by atoms with van der Waals surface area (Å²) in [5, 5.41) is 5.76. The van der Waals surface area contributed by atoms with Gasteiger partial charge in [0.1, 0.15) is 11.6 Å². The molecule has 2 rings (SSSR count). The third kappa shape index (κ3) is 2.36. The number of carbonyl (C=O) groups excluding carboxylic acids is 1. The van der Waals surface area contributed by atoms with Crippen LogP contribution in [0.15, 0.2) is 16.8 Å². The number of nitrogen functional groups attached to an aromatic ring is 1. The van der Waals surface area contributed by atoms with Crippen LogP contribution in [0.1, 0.15) is 16.2 Å². The molecule has 2 aromatic heterocycles. The molecule has 3 N–H and O–H groups in total. The van der Waals surface area contributed by atoms with Crippen molar-refractivity contribution in [3.63, 3.8) is 0 Å². The van der Waals surface area contributed by atoms with Crippen molar-refractivity contribution < 1.29 is 13.7 Å². The second kappa shape index (κ2) is 4.16. The maximum atomic E-state index is 12.9. The fourth-order valence-electron chi connectivity index (χ4n) is 1.14. The van der Waals surface area contributed by atoms with E-state index in [4.69, 9.17) is 5.73 Å². The molecule has 0 saturated heterocycles. The first-order chi connectivity index (χ1) is 8.06. The number of anilines is 2. The number of aromatic nitrogens is 3. The first-order valence-corrected chi connectivity index (χ1v) is 4.59. The van der Waals surface area contributed by atoms with Crippen LogP contribution >= 0.6 is 0 Å². The van der Waals surface area contributed by atoms with Crippen molar-refractivity contribution in [2.24, 2.45) is 0 Å². The first-order valence-electron chi connectivity index (χ1n) is 4.59. The topological polar surface area (TPSA) is 107 Å². The van der Waals surface area contributed by atoms with E-state index < -0.39 is 11.7 Å². The molecule has 88 valence electrons. The van der Waals surface area contributed by atoms with E-state index in [9.17, 15) is 9.18 Å². The molecular formula is C9H8FN5O2. The Kier molecular flexibility index (Phi) is 2.69. The van der Waals surface area contributed by atoms with Gasteiger partial charge in [-0.15, -0.1) is 0 Å². The molecule has 0 spiro atoms. The number of aryl methyl sites for hydroxylation is 1. The lowest BCUT2D eigenvalue weighted by Gasteiger charge is -2.02. The predicted molar refractivity (Wildman–Crippen MR) is 55.6 cm³/mol. The van der Waals surface area contributed by atoms with E-state index in [2.05, 4.69) is 25.0 Å². The maximum absolute atomic E-state index is 12.9. The van der Waals surface area contributed by atoms with Crippen LogP contribution in [0.4, 0.5) is 16.2 Å². The molecule has 2 heterocycles. The van der Waals surface area contributed by atoms with Crippen molar-refractivity contribution in [3.05, 3.63) is 29.5 Å². The number of nitrogens with one attached hydrogen (secondary N) is 1. The molecule has 17 heavy (non-hydrogen) atoms. The van der Waals surface area contributed by atoms with Gasteiger partial charge in [0.25, 0.3) is 5.91 Å². The lowest BCUT2D eigenvalue weighted by Crippen LogP contribution is -2.15. The Hall–Kier alpha value is -2.51. The lowest BCUT2D eigenvalue weighted by molar-refractivity contribution is 0.102. The molecule has 0 aliphatic carbocycles. The standard InChI is InChI=1S/C9H8FN5O2/c1-4-13-9(17-15-4)14-8(16)6-2-5(10)3-12-7(6)11/h2-3H,1H3,(H2,11,12)(H,13,14,15,16). The number of amides is 1. The summed E-state index contributed by atoms with van der Waals surface area (Å²) < 4.78 is 17.6. The maximum Gasteiger partial charge on any atom is 0.328 e. The van der Waals surface area contributed by atoms with E-state index in [1.165, 1.54) is 0 Å². The highest BCUT2D eigenvalue weighted by Crippen LogP contribution is 2.12. The highest BCUT2D eigenvalue weighted by atomic mass is 19.1. The molecule has 0 aromatic carbocycles. The molecule has 0 aliphatic rings. The molecular weight excluding hydrogens is 229 g/mol. The number of carbonyl (C=O) groups is 1. The number of hydrogen-bond donors (Lipinski definition) is 2. The van der Waals surface area contributed by atoms with Crippen molar-refractivity contribution in [2.75, 3.05) is 11.1 Å². The molecule has 0 bridgehead atoms. The second-order valence-corrected chi connectivity index (χ2v) is 3.19. The normalized spacial score (nSPS) is 10.2. The summed E-state index contributed by atoms with van der Waals surface area (Å²) in [5.41, 5.74) is 5.35. The lowest BCUT2D eigenvalue weighted by atomic mass is 10.2. The van der Waals surface area contributed by atoms with Crippen LogP contribution < -0.4 is 11.1 Å². The molecule has 0 fully saturated rings. The third-order valence-corrected chi connectivity index (χ3v) is 1.88. The van der Waals surface area contributed by atoms with Crippen molar-refractivity contribution in [1.29, 1.82) is 0 Å². The Morgan fingerprint density at radius 2 is 2.35 bits per heavy atom. The van der Waals surface area contributed by atoms with Gasteiger partial charge in [-0.2, -0.15) is 4.98 Å². The number of hydrogen-bond acceptors (Lipinski definition) is 6. The van der Waals surface area contributed by atoms with Crippen molar-refractivity contribution in [3.8, 4) is 0 Å². The second-order valence-electron chi connectivity index (χ2n) is 3.19. The highest BCUT2D eigenvalue weighted by Gasteiger charge is 2.14. The Morgan fingerprint density at radius 3 is 3.00 bits per heavy atom. The van der Waals surface area contributed by atoms with Gasteiger partial charge in [-0.1, -0.05) is 5.16 Å². The average Bonchev–Trinajstić information content (AvgIpc) is 2.67. The van der Waals surface area contributed by atoms with Crippen LogP contribution in [0.3, 0.4) is 0 Å². The number of pyridine rings is 1. The van der Waals surface area contributed by atoms with Gasteiger partial charge in [0.05, 0.1) is 11.8 Å². The zero-order valence-electron chi connectivity index (χ0n) is 8.77. The van der Waals surface area contributed by atoms with Gasteiger partial charge in [-0.05, 0) is 13.0 Å². The molecule has 0 unspecified atom stereocenters. The van der Waals surface area contributed by atoms with E-state index in [0.717, 1.165) is 12.3 Å². The van der Waals surface area contributed by atoms with Crippen molar-refractivity contribution in [2.45, 2.75) is 6.92 Å². The molecule has 0 radical (unpaired) electrons. The number of rotatable bonds is 2. The zero-order valence-corrected chi connectivity index (χ0v) is 8.77. The van der Waals surface area contributed by atoms with Crippen molar-refractivity contribution in [1.82, 2.24) is 15.1 Å². The Balaban J connectivity index is 2.22. The summed E-state index contributed by atoms with van der Waals surface area (Å²) in [5.74, 6) is -1.05. The van der Waals surface area contributed by atoms with Gasteiger partial charge in [0.2, 0.25) is 0 Å². The fraction of sp³-hybridized carbons (Fsp3) is 0.111. The van der Waals surface area contributed by atoms with E-state index >= 15 is 0 Å². The average molecular weight is 237 g/mol. The third-order valence-electron chi connectivity index (χ3n) is 1.88. The Morgan fingerprint density at radius 1 is 1.59 bits per heavy atom. The summed E-state index contributed by atoms with van der Waals surface area (Å²) in [6.07, 6.45) is 0.920. The van der Waals surface area contributed by atoms with Crippen LogP contribution in [0, 0.1) is 12.7 Å². The van der Waals surface area contributed by atoms with E-state index in [1.807, 2.05) is 0 Å². The summed E-state index contributed by atoms with van der Waals surface area (Å²) in [6.45, 7) is 1.59. The molecule has 2 aromatic rings. The zero-order chi connectivity index (χ0) is 12.4. The minimum absolute atomic E-state index is 0.0832. The smallest absolute Gasteiger partial charge is 0.328 e. The van der Waals surface area contributed by atoms with E-state index in [0.29, 0.717) is 5.82 Å². The Bertz CT molecular complexity index is 568. The van der Waals surface area contributed by atoms with E-state index in [-0.39, 0.29) is 17.4 Å². The van der Waals surface area contributed by atoms with Gasteiger partial charge < -0.3 is 10.3 Å². The van der Waals surface area contributed by atoms with Crippen LogP contribution in [-0.4, -0.2) is 21.0 Å². The molecule has 8 heteroatoms. The van der Waals surface area contributed by atoms with Gasteiger partial charge in [-0.3, -0.25) is 10.1 Å². The first kappa shape index (κ1) is 11.0. The minimum Gasteiger partial charge on any atom is -0.383 e. The van der Waals surface area contributed by atoms with Crippen LogP contribution in [0.2, 0.25) is 0 Å². The number of halogens is 1. The molecule has 0 atom stereocenters. The number of nitrogens with two attached hydrogens (primary N) is 1. The summed E-state index contributed by atoms with van der Waals surface area (Å²) in [7, 11) is 0. The number of nitrogens with zero attached hydrogens (tertiary/aromatic N) is 3. The van der Waals surface area contributed by atoms with Gasteiger partial charge in [-0.25, -0.2) is 9.37 Å². The van der Waals surface area contributed by atoms with Crippen LogP contribution in [0.25, 0.3) is 0 Å². The van der Waals surface area contributed by atoms with Gasteiger partial charge >= 0.3 is 6.01 Å². The highest BCUT2D eigenvalue weighted by molar-refractivity contribution is 6.06. The summed E-state index contributed by atoms with van der Waals surface area (Å²) in [4.78, 5) is 19.0. The van der Waals surface area contributed by atoms with Crippen molar-refractivity contribution >= 4 is 17.7 Å². The van der Waals surface area contributed by atoms with E-state index in [1.54, 1.807) is 6.92 Å².